The summed E-state index contributed by atoms with van der Waals surface area (Å²) in [6, 6.07) is -0.122. The quantitative estimate of drug-likeness (QED) is 0.838. The lowest BCUT2D eigenvalue weighted by Crippen LogP contribution is -2.41. The summed E-state index contributed by atoms with van der Waals surface area (Å²) in [6.07, 6.45) is 3.25. The summed E-state index contributed by atoms with van der Waals surface area (Å²) >= 11 is 0. The number of carbonyl (C=O) groups excluding carboxylic acids is 1. The van der Waals surface area contributed by atoms with E-state index in [9.17, 15) is 4.79 Å². The molecule has 0 aliphatic carbocycles. The summed E-state index contributed by atoms with van der Waals surface area (Å²) < 4.78 is 2.14. The molecule has 7 heteroatoms. The molecular formula is C18H26N6O. The van der Waals surface area contributed by atoms with Gasteiger partial charge in [0.05, 0.1) is 11.6 Å². The Labute approximate surface area is 148 Å². The Balaban J connectivity index is 1.83. The van der Waals surface area contributed by atoms with Crippen LogP contribution in [0.25, 0.3) is 0 Å². The monoisotopic (exact) mass is 342 g/mol. The lowest BCUT2D eigenvalue weighted by Gasteiger charge is -2.34. The largest absolute Gasteiger partial charge is 0.327 e. The SMILES string of the molecule is CC(C)c1nnc2n1CCN(C(=O)c1cnc(C(C)(C)C)nc1)C2C. The first kappa shape index (κ1) is 17.5. The maximum Gasteiger partial charge on any atom is 0.257 e. The molecule has 2 aromatic rings. The number of rotatable bonds is 2. The molecule has 3 heterocycles. The van der Waals surface area contributed by atoms with Crippen LogP contribution in [-0.2, 0) is 12.0 Å². The molecule has 0 N–H and O–H groups in total. The zero-order valence-corrected chi connectivity index (χ0v) is 15.8. The molecule has 1 aliphatic heterocycles. The second-order valence-corrected chi connectivity index (χ2v) is 7.94. The highest BCUT2D eigenvalue weighted by Crippen LogP contribution is 2.28. The number of hydrogen-bond acceptors (Lipinski definition) is 5. The molecule has 0 fully saturated rings. The molecule has 1 amide bonds. The van der Waals surface area contributed by atoms with E-state index in [1.54, 1.807) is 12.4 Å². The van der Waals surface area contributed by atoms with E-state index in [2.05, 4.69) is 59.4 Å². The van der Waals surface area contributed by atoms with E-state index < -0.39 is 0 Å². The Bertz CT molecular complexity index is 772. The first-order valence-electron chi connectivity index (χ1n) is 8.76. The standard InChI is InChI=1S/C18H26N6O/c1-11(2)14-21-22-15-12(3)23(7-8-24(14)15)16(25)13-9-19-17(20-10-13)18(4,5)6/h9-12H,7-8H2,1-6H3. The van der Waals surface area contributed by atoms with Gasteiger partial charge in [-0.15, -0.1) is 10.2 Å². The van der Waals surface area contributed by atoms with E-state index in [4.69, 9.17) is 0 Å². The van der Waals surface area contributed by atoms with Gasteiger partial charge in [0, 0.05) is 36.8 Å². The average Bonchev–Trinajstić information content (AvgIpc) is 2.99. The van der Waals surface area contributed by atoms with E-state index in [0.29, 0.717) is 24.6 Å². The van der Waals surface area contributed by atoms with Crippen LogP contribution in [-0.4, -0.2) is 42.1 Å². The number of nitrogens with zero attached hydrogens (tertiary/aromatic N) is 6. The van der Waals surface area contributed by atoms with Crippen molar-refractivity contribution in [2.45, 2.75) is 65.5 Å². The molecule has 0 saturated heterocycles. The van der Waals surface area contributed by atoms with Gasteiger partial charge in [0.15, 0.2) is 5.82 Å². The van der Waals surface area contributed by atoms with Crippen molar-refractivity contribution in [1.29, 1.82) is 0 Å². The minimum atomic E-state index is -0.135. The molecule has 1 atom stereocenters. The predicted molar refractivity (Wildman–Crippen MR) is 94.3 cm³/mol. The maximum absolute atomic E-state index is 12.9. The first-order valence-corrected chi connectivity index (χ1v) is 8.76. The van der Waals surface area contributed by atoms with Crippen LogP contribution in [0.5, 0.6) is 0 Å². The lowest BCUT2D eigenvalue weighted by molar-refractivity contribution is 0.0635. The van der Waals surface area contributed by atoms with Crippen LogP contribution in [0.1, 0.15) is 81.3 Å². The van der Waals surface area contributed by atoms with Gasteiger partial charge in [0.1, 0.15) is 11.6 Å². The van der Waals surface area contributed by atoms with Gasteiger partial charge in [0.2, 0.25) is 0 Å². The molecule has 134 valence electrons. The summed E-state index contributed by atoms with van der Waals surface area (Å²) in [6.45, 7) is 13.7. The van der Waals surface area contributed by atoms with Crippen molar-refractivity contribution in [3.63, 3.8) is 0 Å². The molecule has 25 heavy (non-hydrogen) atoms. The fourth-order valence-electron chi connectivity index (χ4n) is 3.10. The third-order valence-electron chi connectivity index (χ3n) is 4.56. The molecule has 0 bridgehead atoms. The molecule has 0 aromatic carbocycles. The number of carbonyl (C=O) groups is 1. The minimum Gasteiger partial charge on any atom is -0.327 e. The summed E-state index contributed by atoms with van der Waals surface area (Å²) in [7, 11) is 0. The zero-order valence-electron chi connectivity index (χ0n) is 15.8. The van der Waals surface area contributed by atoms with Crippen LogP contribution in [0.3, 0.4) is 0 Å². The van der Waals surface area contributed by atoms with E-state index in [0.717, 1.165) is 17.5 Å². The van der Waals surface area contributed by atoms with Gasteiger partial charge >= 0.3 is 0 Å². The molecule has 1 unspecified atom stereocenters. The van der Waals surface area contributed by atoms with E-state index in [-0.39, 0.29) is 17.4 Å². The van der Waals surface area contributed by atoms with Gasteiger partial charge in [-0.2, -0.15) is 0 Å². The summed E-state index contributed by atoms with van der Waals surface area (Å²) in [4.78, 5) is 23.5. The fourth-order valence-corrected chi connectivity index (χ4v) is 3.10. The van der Waals surface area contributed by atoms with Crippen molar-refractivity contribution in [3.05, 3.63) is 35.4 Å². The molecular weight excluding hydrogens is 316 g/mol. The molecule has 0 spiro atoms. The highest BCUT2D eigenvalue weighted by atomic mass is 16.2. The zero-order chi connectivity index (χ0) is 18.4. The van der Waals surface area contributed by atoms with Gasteiger partial charge in [-0.25, -0.2) is 9.97 Å². The Morgan fingerprint density at radius 2 is 1.80 bits per heavy atom. The molecule has 1 aliphatic rings. The average molecular weight is 342 g/mol. The fraction of sp³-hybridized carbons (Fsp3) is 0.611. The third kappa shape index (κ3) is 3.15. The Morgan fingerprint density at radius 1 is 1.16 bits per heavy atom. The lowest BCUT2D eigenvalue weighted by atomic mass is 9.96. The van der Waals surface area contributed by atoms with Crippen LogP contribution < -0.4 is 0 Å². The van der Waals surface area contributed by atoms with Gasteiger partial charge in [-0.1, -0.05) is 34.6 Å². The highest BCUT2D eigenvalue weighted by Gasteiger charge is 2.32. The van der Waals surface area contributed by atoms with Crippen molar-refractivity contribution in [2.75, 3.05) is 6.54 Å². The topological polar surface area (TPSA) is 76.8 Å². The number of hydrogen-bond donors (Lipinski definition) is 0. The smallest absolute Gasteiger partial charge is 0.257 e. The van der Waals surface area contributed by atoms with Crippen LogP contribution in [0.2, 0.25) is 0 Å². The Morgan fingerprint density at radius 3 is 2.36 bits per heavy atom. The highest BCUT2D eigenvalue weighted by molar-refractivity contribution is 5.93. The second kappa shape index (κ2) is 6.20. The molecule has 2 aromatic heterocycles. The van der Waals surface area contributed by atoms with Gasteiger partial charge in [0.25, 0.3) is 5.91 Å². The van der Waals surface area contributed by atoms with Crippen LogP contribution in [0, 0.1) is 0 Å². The van der Waals surface area contributed by atoms with Gasteiger partial charge in [-0.3, -0.25) is 4.79 Å². The van der Waals surface area contributed by atoms with Gasteiger partial charge in [-0.05, 0) is 6.92 Å². The van der Waals surface area contributed by atoms with E-state index in [1.165, 1.54) is 0 Å². The summed E-state index contributed by atoms with van der Waals surface area (Å²) in [5.74, 6) is 2.81. The Hall–Kier alpha value is -2.31. The molecule has 3 rings (SSSR count). The van der Waals surface area contributed by atoms with Crippen LogP contribution in [0.4, 0.5) is 0 Å². The summed E-state index contributed by atoms with van der Waals surface area (Å²) in [5.41, 5.74) is 0.376. The molecule has 0 saturated carbocycles. The molecule has 7 nitrogen and oxygen atoms in total. The molecule has 0 radical (unpaired) electrons. The van der Waals surface area contributed by atoms with Crippen molar-refractivity contribution < 1.29 is 4.79 Å². The van der Waals surface area contributed by atoms with E-state index in [1.807, 2.05) is 11.8 Å². The minimum absolute atomic E-state index is 0.0618. The van der Waals surface area contributed by atoms with Crippen molar-refractivity contribution >= 4 is 5.91 Å². The van der Waals surface area contributed by atoms with E-state index >= 15 is 0 Å². The number of amides is 1. The Kier molecular flexibility index (Phi) is 4.34. The third-order valence-corrected chi connectivity index (χ3v) is 4.56. The van der Waals surface area contributed by atoms with Crippen LogP contribution in [0.15, 0.2) is 12.4 Å². The summed E-state index contributed by atoms with van der Waals surface area (Å²) in [5, 5.41) is 8.62. The second-order valence-electron chi connectivity index (χ2n) is 7.94. The van der Waals surface area contributed by atoms with Crippen LogP contribution >= 0.6 is 0 Å². The predicted octanol–water partition coefficient (Wildman–Crippen LogP) is 2.71. The number of fused-ring (bicyclic) bond motifs is 1. The van der Waals surface area contributed by atoms with Crippen molar-refractivity contribution in [1.82, 2.24) is 29.6 Å². The van der Waals surface area contributed by atoms with Crippen molar-refractivity contribution in [2.24, 2.45) is 0 Å². The van der Waals surface area contributed by atoms with Gasteiger partial charge < -0.3 is 9.47 Å². The van der Waals surface area contributed by atoms with Crippen molar-refractivity contribution in [3.8, 4) is 0 Å². The maximum atomic E-state index is 12.9. The normalized spacial score (nSPS) is 17.7. The first-order chi connectivity index (χ1) is 11.7. The number of aromatic nitrogens is 5.